The third kappa shape index (κ3) is 3.01. The molecule has 0 atom stereocenters. The van der Waals surface area contributed by atoms with E-state index < -0.39 is 0 Å². The van der Waals surface area contributed by atoms with Crippen LogP contribution in [0.2, 0.25) is 0 Å². The number of aryl methyl sites for hydroxylation is 1. The standard InChI is InChI=1S/C14H18ClNO/c1-11-4-2-3-5-12(11)13(17)16-10-14(6-7-14)8-9-15/h2-5H,6-10H2,1H3,(H,16,17). The van der Waals surface area contributed by atoms with Gasteiger partial charge in [-0.15, -0.1) is 11.6 Å². The third-order valence-corrected chi connectivity index (χ3v) is 3.78. The van der Waals surface area contributed by atoms with E-state index in [0.29, 0.717) is 11.3 Å². The van der Waals surface area contributed by atoms with E-state index in [2.05, 4.69) is 5.32 Å². The predicted molar refractivity (Wildman–Crippen MR) is 70.5 cm³/mol. The minimum atomic E-state index is 0.0314. The van der Waals surface area contributed by atoms with Gasteiger partial charge >= 0.3 is 0 Å². The van der Waals surface area contributed by atoms with Crippen molar-refractivity contribution in [2.24, 2.45) is 5.41 Å². The van der Waals surface area contributed by atoms with E-state index in [0.717, 1.165) is 24.1 Å². The Hall–Kier alpha value is -1.02. The Kier molecular flexibility index (Phi) is 3.72. The molecule has 0 spiro atoms. The van der Waals surface area contributed by atoms with Gasteiger partial charge in [-0.1, -0.05) is 18.2 Å². The molecular weight excluding hydrogens is 234 g/mol. The fraction of sp³-hybridized carbons (Fsp3) is 0.500. The van der Waals surface area contributed by atoms with Crippen LogP contribution in [-0.2, 0) is 0 Å². The number of amides is 1. The maximum atomic E-state index is 12.0. The Morgan fingerprint density at radius 2 is 2.12 bits per heavy atom. The van der Waals surface area contributed by atoms with Crippen LogP contribution < -0.4 is 5.32 Å². The molecule has 17 heavy (non-hydrogen) atoms. The summed E-state index contributed by atoms with van der Waals surface area (Å²) in [4.78, 5) is 12.0. The summed E-state index contributed by atoms with van der Waals surface area (Å²) in [6.07, 6.45) is 3.38. The first-order valence-electron chi connectivity index (χ1n) is 6.07. The average Bonchev–Trinajstić information content (AvgIpc) is 3.08. The molecule has 1 aliphatic carbocycles. The van der Waals surface area contributed by atoms with Gasteiger partial charge < -0.3 is 5.32 Å². The van der Waals surface area contributed by atoms with Crippen molar-refractivity contribution in [3.8, 4) is 0 Å². The first-order valence-corrected chi connectivity index (χ1v) is 6.60. The van der Waals surface area contributed by atoms with Gasteiger partial charge in [-0.25, -0.2) is 0 Å². The minimum absolute atomic E-state index is 0.0314. The molecule has 0 heterocycles. The molecule has 1 saturated carbocycles. The quantitative estimate of drug-likeness (QED) is 0.801. The smallest absolute Gasteiger partial charge is 0.251 e. The van der Waals surface area contributed by atoms with Gasteiger partial charge in [-0.05, 0) is 43.2 Å². The van der Waals surface area contributed by atoms with Crippen molar-refractivity contribution in [1.82, 2.24) is 5.32 Å². The van der Waals surface area contributed by atoms with Crippen LogP contribution in [0.3, 0.4) is 0 Å². The molecule has 2 nitrogen and oxygen atoms in total. The van der Waals surface area contributed by atoms with Gasteiger partial charge in [0.25, 0.3) is 5.91 Å². The lowest BCUT2D eigenvalue weighted by Crippen LogP contribution is -2.30. The van der Waals surface area contributed by atoms with Crippen molar-refractivity contribution < 1.29 is 4.79 Å². The average molecular weight is 252 g/mol. The molecule has 1 amide bonds. The number of rotatable bonds is 5. The van der Waals surface area contributed by atoms with Crippen LogP contribution in [0.4, 0.5) is 0 Å². The highest BCUT2D eigenvalue weighted by molar-refractivity contribution is 6.17. The summed E-state index contributed by atoms with van der Waals surface area (Å²) in [5, 5.41) is 3.03. The number of benzene rings is 1. The highest BCUT2D eigenvalue weighted by atomic mass is 35.5. The fourth-order valence-corrected chi connectivity index (χ4v) is 2.48. The number of hydrogen-bond donors (Lipinski definition) is 1. The molecule has 0 bridgehead atoms. The normalized spacial score (nSPS) is 16.6. The topological polar surface area (TPSA) is 29.1 Å². The van der Waals surface area contributed by atoms with E-state index in [1.54, 1.807) is 0 Å². The molecular formula is C14H18ClNO. The molecule has 1 aliphatic rings. The lowest BCUT2D eigenvalue weighted by atomic mass is 10.0. The van der Waals surface area contributed by atoms with E-state index in [9.17, 15) is 4.79 Å². The number of carbonyl (C=O) groups excluding carboxylic acids is 1. The molecule has 1 N–H and O–H groups in total. The molecule has 0 radical (unpaired) electrons. The van der Waals surface area contributed by atoms with Crippen molar-refractivity contribution >= 4 is 17.5 Å². The molecule has 0 aliphatic heterocycles. The second-order valence-corrected chi connectivity index (χ2v) is 5.31. The zero-order valence-corrected chi connectivity index (χ0v) is 10.9. The Labute approximate surface area is 107 Å². The van der Waals surface area contributed by atoms with Crippen LogP contribution >= 0.6 is 11.6 Å². The highest BCUT2D eigenvalue weighted by Crippen LogP contribution is 2.48. The summed E-state index contributed by atoms with van der Waals surface area (Å²) in [7, 11) is 0. The summed E-state index contributed by atoms with van der Waals surface area (Å²) < 4.78 is 0. The summed E-state index contributed by atoms with van der Waals surface area (Å²) in [5.74, 6) is 0.712. The number of halogens is 1. The summed E-state index contributed by atoms with van der Waals surface area (Å²) in [6, 6.07) is 7.67. The molecule has 0 unspecified atom stereocenters. The molecule has 1 aromatic rings. The van der Waals surface area contributed by atoms with Gasteiger partial charge in [0, 0.05) is 18.0 Å². The Balaban J connectivity index is 1.92. The SMILES string of the molecule is Cc1ccccc1C(=O)NCC1(CCCl)CC1. The van der Waals surface area contributed by atoms with Crippen molar-refractivity contribution in [3.63, 3.8) is 0 Å². The zero-order valence-electron chi connectivity index (χ0n) is 10.1. The zero-order chi connectivity index (χ0) is 12.3. The van der Waals surface area contributed by atoms with Crippen LogP contribution in [0, 0.1) is 12.3 Å². The van der Waals surface area contributed by atoms with Crippen molar-refractivity contribution in [2.45, 2.75) is 26.2 Å². The van der Waals surface area contributed by atoms with Crippen LogP contribution in [-0.4, -0.2) is 18.3 Å². The Morgan fingerprint density at radius 1 is 1.41 bits per heavy atom. The second-order valence-electron chi connectivity index (χ2n) is 4.94. The van der Waals surface area contributed by atoms with Crippen LogP contribution in [0.1, 0.15) is 35.2 Å². The van der Waals surface area contributed by atoms with Crippen LogP contribution in [0.25, 0.3) is 0 Å². The van der Waals surface area contributed by atoms with Crippen molar-refractivity contribution in [1.29, 1.82) is 0 Å². The second kappa shape index (κ2) is 5.09. The van der Waals surface area contributed by atoms with E-state index in [1.165, 1.54) is 12.8 Å². The maximum absolute atomic E-state index is 12.0. The monoisotopic (exact) mass is 251 g/mol. The fourth-order valence-electron chi connectivity index (χ4n) is 2.08. The first-order chi connectivity index (χ1) is 8.17. The number of alkyl halides is 1. The predicted octanol–water partition coefficient (Wildman–Crippen LogP) is 3.13. The number of nitrogens with one attached hydrogen (secondary N) is 1. The minimum Gasteiger partial charge on any atom is -0.351 e. The van der Waals surface area contributed by atoms with Crippen LogP contribution in [0.5, 0.6) is 0 Å². The van der Waals surface area contributed by atoms with Crippen LogP contribution in [0.15, 0.2) is 24.3 Å². The maximum Gasteiger partial charge on any atom is 0.251 e. The lowest BCUT2D eigenvalue weighted by Gasteiger charge is -2.15. The van der Waals surface area contributed by atoms with Gasteiger partial charge in [0.2, 0.25) is 0 Å². The summed E-state index contributed by atoms with van der Waals surface area (Å²) in [6.45, 7) is 2.72. The highest BCUT2D eigenvalue weighted by Gasteiger charge is 2.41. The largest absolute Gasteiger partial charge is 0.351 e. The summed E-state index contributed by atoms with van der Waals surface area (Å²) in [5.41, 5.74) is 2.08. The van der Waals surface area contributed by atoms with E-state index in [1.807, 2.05) is 31.2 Å². The van der Waals surface area contributed by atoms with Gasteiger partial charge in [-0.3, -0.25) is 4.79 Å². The number of hydrogen-bond acceptors (Lipinski definition) is 1. The van der Waals surface area contributed by atoms with Gasteiger partial charge in [0.1, 0.15) is 0 Å². The summed E-state index contributed by atoms with van der Waals surface area (Å²) >= 11 is 5.77. The number of carbonyl (C=O) groups is 1. The molecule has 2 rings (SSSR count). The molecule has 92 valence electrons. The Bertz CT molecular complexity index is 412. The van der Waals surface area contributed by atoms with Gasteiger partial charge in [-0.2, -0.15) is 0 Å². The van der Waals surface area contributed by atoms with Gasteiger partial charge in [0.15, 0.2) is 0 Å². The van der Waals surface area contributed by atoms with Crippen molar-refractivity contribution in [2.75, 3.05) is 12.4 Å². The molecule has 3 heteroatoms. The molecule has 1 aromatic carbocycles. The lowest BCUT2D eigenvalue weighted by molar-refractivity contribution is 0.0944. The van der Waals surface area contributed by atoms with E-state index in [4.69, 9.17) is 11.6 Å². The molecule has 0 aromatic heterocycles. The Morgan fingerprint density at radius 3 is 2.71 bits per heavy atom. The van der Waals surface area contributed by atoms with Gasteiger partial charge in [0.05, 0.1) is 0 Å². The van der Waals surface area contributed by atoms with E-state index >= 15 is 0 Å². The van der Waals surface area contributed by atoms with E-state index in [-0.39, 0.29) is 5.91 Å². The molecule has 0 saturated heterocycles. The molecule has 1 fully saturated rings. The third-order valence-electron chi connectivity index (χ3n) is 3.60. The first kappa shape index (κ1) is 12.4. The van der Waals surface area contributed by atoms with Crippen molar-refractivity contribution in [3.05, 3.63) is 35.4 Å².